The fourth-order valence-electron chi connectivity index (χ4n) is 0.488. The maximum absolute atomic E-state index is 8.50. The number of aliphatic hydroxyl groups is 1. The minimum Gasteiger partial charge on any atom is -0.390 e. The number of hydrogen-bond acceptors (Lipinski definition) is 2. The summed E-state index contributed by atoms with van der Waals surface area (Å²) >= 11 is 0. The predicted octanol–water partition coefficient (Wildman–Crippen LogP) is -0.669. The number of rotatable bonds is 0. The molecule has 34 valence electrons. The normalized spacial score (nSPS) is 27.0. The number of likely N-dealkylation sites (tertiary alicyclic amines) is 1. The van der Waals surface area contributed by atoms with Crippen LogP contribution in [0.4, 0.5) is 0 Å². The van der Waals surface area contributed by atoms with Crippen molar-refractivity contribution >= 4 is 0 Å². The second-order valence-electron chi connectivity index (χ2n) is 1.61. The number of hydrogen-bond donors (Lipinski definition) is 1. The summed E-state index contributed by atoms with van der Waals surface area (Å²) in [5.74, 6) is 0. The number of β-amino-alcohol motifs (C(OH)–C–C–N with tert-alkyl or cyclic N) is 1. The molecule has 0 aromatic heterocycles. The highest BCUT2D eigenvalue weighted by Gasteiger charge is 2.19. The van der Waals surface area contributed by atoms with Crippen LogP contribution in [0.15, 0.2) is 0 Å². The maximum Gasteiger partial charge on any atom is 0.0794 e. The Kier molecular flexibility index (Phi) is 0.821. The zero-order valence-electron chi connectivity index (χ0n) is 3.46. The minimum absolute atomic E-state index is 0.157. The molecule has 1 fully saturated rings. The highest BCUT2D eigenvalue weighted by Crippen LogP contribution is 2.02. The summed E-state index contributed by atoms with van der Waals surface area (Å²) < 4.78 is 0. The van der Waals surface area contributed by atoms with Gasteiger partial charge in [0, 0.05) is 20.1 Å². The van der Waals surface area contributed by atoms with Gasteiger partial charge in [0.2, 0.25) is 0 Å². The Balaban J connectivity index is 2.11. The SMILES string of the molecule is [CH]N1CC(O)C1. The summed E-state index contributed by atoms with van der Waals surface area (Å²) in [5.41, 5.74) is 0. The fraction of sp³-hybridized carbons (Fsp3) is 0.750. The van der Waals surface area contributed by atoms with E-state index < -0.39 is 0 Å². The van der Waals surface area contributed by atoms with Crippen LogP contribution in [0.1, 0.15) is 0 Å². The van der Waals surface area contributed by atoms with E-state index in [1.165, 1.54) is 0 Å². The van der Waals surface area contributed by atoms with E-state index in [9.17, 15) is 0 Å². The lowest BCUT2D eigenvalue weighted by Crippen LogP contribution is -2.46. The summed E-state index contributed by atoms with van der Waals surface area (Å²) in [6.45, 7) is 1.28. The molecule has 0 bridgehead atoms. The monoisotopic (exact) mass is 85.1 g/mol. The van der Waals surface area contributed by atoms with Gasteiger partial charge in [-0.1, -0.05) is 0 Å². The Morgan fingerprint density at radius 3 is 2.17 bits per heavy atom. The molecule has 0 atom stereocenters. The first-order valence-electron chi connectivity index (χ1n) is 1.97. The van der Waals surface area contributed by atoms with E-state index >= 15 is 0 Å². The quantitative estimate of drug-likeness (QED) is 0.421. The lowest BCUT2D eigenvalue weighted by molar-refractivity contribution is 0.0311. The van der Waals surface area contributed by atoms with Gasteiger partial charge in [-0.3, -0.25) is 4.90 Å². The molecule has 0 amide bonds. The van der Waals surface area contributed by atoms with Gasteiger partial charge >= 0.3 is 0 Å². The molecule has 0 unspecified atom stereocenters. The van der Waals surface area contributed by atoms with Crippen LogP contribution in [-0.4, -0.2) is 29.2 Å². The lowest BCUT2D eigenvalue weighted by atomic mass is 10.2. The molecule has 1 N–H and O–H groups in total. The standard InChI is InChI=1S/C4H7NO/c1-5-2-4(6)3-5/h1,4,6H,2-3H2. The Morgan fingerprint density at radius 2 is 2.17 bits per heavy atom. The van der Waals surface area contributed by atoms with Crippen molar-refractivity contribution in [2.45, 2.75) is 6.10 Å². The van der Waals surface area contributed by atoms with Crippen LogP contribution in [-0.2, 0) is 0 Å². The zero-order valence-corrected chi connectivity index (χ0v) is 3.46. The van der Waals surface area contributed by atoms with E-state index in [1.54, 1.807) is 4.90 Å². The number of nitrogens with zero attached hydrogens (tertiary/aromatic N) is 1. The van der Waals surface area contributed by atoms with Gasteiger partial charge < -0.3 is 5.11 Å². The van der Waals surface area contributed by atoms with E-state index in [2.05, 4.69) is 0 Å². The summed E-state index contributed by atoms with van der Waals surface area (Å²) in [6.07, 6.45) is -0.157. The molecule has 2 heteroatoms. The van der Waals surface area contributed by atoms with Crippen molar-refractivity contribution in [3.8, 4) is 0 Å². The van der Waals surface area contributed by atoms with Crippen LogP contribution in [0.2, 0.25) is 0 Å². The zero-order chi connectivity index (χ0) is 4.57. The van der Waals surface area contributed by atoms with E-state index in [0.29, 0.717) is 13.1 Å². The van der Waals surface area contributed by atoms with Crippen LogP contribution in [0.25, 0.3) is 0 Å². The molecular weight excluding hydrogens is 78.0 g/mol. The highest BCUT2D eigenvalue weighted by atomic mass is 16.3. The van der Waals surface area contributed by atoms with Crippen molar-refractivity contribution < 1.29 is 5.11 Å². The van der Waals surface area contributed by atoms with Gasteiger partial charge in [0.05, 0.1) is 6.10 Å². The van der Waals surface area contributed by atoms with Crippen molar-refractivity contribution in [1.82, 2.24) is 4.90 Å². The smallest absolute Gasteiger partial charge is 0.0794 e. The molecule has 1 aliphatic heterocycles. The summed E-state index contributed by atoms with van der Waals surface area (Å²) in [4.78, 5) is 1.57. The second kappa shape index (κ2) is 1.21. The topological polar surface area (TPSA) is 23.5 Å². The van der Waals surface area contributed by atoms with E-state index in [1.807, 2.05) is 0 Å². The van der Waals surface area contributed by atoms with Crippen LogP contribution < -0.4 is 0 Å². The molecule has 0 saturated carbocycles. The third-order valence-corrected chi connectivity index (χ3v) is 0.891. The molecule has 6 heavy (non-hydrogen) atoms. The van der Waals surface area contributed by atoms with Crippen LogP contribution >= 0.6 is 0 Å². The van der Waals surface area contributed by atoms with Crippen molar-refractivity contribution in [1.29, 1.82) is 0 Å². The van der Waals surface area contributed by atoms with Gasteiger partial charge in [-0.2, -0.15) is 0 Å². The molecule has 1 saturated heterocycles. The van der Waals surface area contributed by atoms with Crippen molar-refractivity contribution in [2.75, 3.05) is 13.1 Å². The maximum atomic E-state index is 8.50. The minimum atomic E-state index is -0.157. The van der Waals surface area contributed by atoms with Crippen LogP contribution in [0, 0.1) is 7.05 Å². The molecule has 0 spiro atoms. The molecule has 0 aliphatic carbocycles. The first kappa shape index (κ1) is 4.09. The molecule has 1 heterocycles. The van der Waals surface area contributed by atoms with Crippen LogP contribution in [0.5, 0.6) is 0 Å². The van der Waals surface area contributed by atoms with Crippen molar-refractivity contribution in [3.05, 3.63) is 7.05 Å². The third-order valence-electron chi connectivity index (χ3n) is 0.891. The van der Waals surface area contributed by atoms with Gasteiger partial charge in [0.25, 0.3) is 0 Å². The Hall–Kier alpha value is -0.0800. The molecular formula is C4H7NO. The molecule has 0 aromatic rings. The average molecular weight is 85.1 g/mol. The first-order valence-corrected chi connectivity index (χ1v) is 1.97. The van der Waals surface area contributed by atoms with Gasteiger partial charge in [-0.25, -0.2) is 0 Å². The van der Waals surface area contributed by atoms with Gasteiger partial charge in [0.15, 0.2) is 0 Å². The molecule has 1 aliphatic rings. The van der Waals surface area contributed by atoms with Gasteiger partial charge in [-0.05, 0) is 0 Å². The summed E-state index contributed by atoms with van der Waals surface area (Å²) in [7, 11) is 5.14. The van der Waals surface area contributed by atoms with E-state index in [-0.39, 0.29) is 6.10 Å². The van der Waals surface area contributed by atoms with E-state index in [0.717, 1.165) is 0 Å². The third kappa shape index (κ3) is 0.533. The highest BCUT2D eigenvalue weighted by molar-refractivity contribution is 4.76. The summed E-state index contributed by atoms with van der Waals surface area (Å²) in [6, 6.07) is 0. The van der Waals surface area contributed by atoms with Crippen molar-refractivity contribution in [2.24, 2.45) is 0 Å². The Morgan fingerprint density at radius 1 is 1.67 bits per heavy atom. The van der Waals surface area contributed by atoms with Crippen molar-refractivity contribution in [3.63, 3.8) is 0 Å². The van der Waals surface area contributed by atoms with Gasteiger partial charge in [-0.15, -0.1) is 0 Å². The van der Waals surface area contributed by atoms with Crippen LogP contribution in [0.3, 0.4) is 0 Å². The molecule has 0 aromatic carbocycles. The van der Waals surface area contributed by atoms with Gasteiger partial charge in [0.1, 0.15) is 0 Å². The molecule has 1 rings (SSSR count). The second-order valence-corrected chi connectivity index (χ2v) is 1.61. The predicted molar refractivity (Wildman–Crippen MR) is 21.9 cm³/mol. The largest absolute Gasteiger partial charge is 0.390 e. The summed E-state index contributed by atoms with van der Waals surface area (Å²) in [5, 5.41) is 8.50. The Bertz CT molecular complexity index is 43.5. The Labute approximate surface area is 37.4 Å². The number of aliphatic hydroxyl groups excluding tert-OH is 1. The first-order chi connectivity index (χ1) is 2.79. The molecule has 2 nitrogen and oxygen atoms in total. The average Bonchev–Trinajstić information content (AvgIpc) is 1.33. The lowest BCUT2D eigenvalue weighted by Gasteiger charge is -2.30. The van der Waals surface area contributed by atoms with E-state index in [4.69, 9.17) is 12.2 Å². The fourth-order valence-corrected chi connectivity index (χ4v) is 0.488. The molecule has 2 radical (unpaired) electrons.